The van der Waals surface area contributed by atoms with Gasteiger partial charge in [0.15, 0.2) is 0 Å². The van der Waals surface area contributed by atoms with Gasteiger partial charge in [-0.05, 0) is 71.6 Å². The lowest BCUT2D eigenvalue weighted by molar-refractivity contribution is 0.670. The van der Waals surface area contributed by atoms with Crippen LogP contribution in [0.1, 0.15) is 43.9 Å². The van der Waals surface area contributed by atoms with E-state index in [9.17, 15) is 17.8 Å². The Hall–Kier alpha value is -6.84. The van der Waals surface area contributed by atoms with Crippen LogP contribution in [-0.2, 0) is 0 Å². The lowest BCUT2D eigenvalue weighted by atomic mass is 9.98. The van der Waals surface area contributed by atoms with Crippen molar-refractivity contribution >= 4 is 60.8 Å². The number of furan rings is 1. The summed E-state index contributed by atoms with van der Waals surface area (Å²) >= 11 is 0. The Morgan fingerprint density at radius 1 is 0.431 bits per heavy atom. The maximum absolute atomic E-state index is 10.1. The maximum Gasteiger partial charge on any atom is 0.145 e. The third-order valence-electron chi connectivity index (χ3n) is 7.80. The number of anilines is 3. The first-order chi connectivity index (χ1) is 38.6. The molecule has 0 atom stereocenters. The quantitative estimate of drug-likeness (QED) is 0.174. The first-order valence-corrected chi connectivity index (χ1v) is 14.7. The summed E-state index contributed by atoms with van der Waals surface area (Å²) in [6.45, 7) is 0. The Kier molecular flexibility index (Phi) is 2.66. The molecule has 0 unspecified atom stereocenters. The molecule has 0 aliphatic heterocycles. The van der Waals surface area contributed by atoms with Crippen LogP contribution >= 0.6 is 0 Å². The van der Waals surface area contributed by atoms with Gasteiger partial charge in [0.05, 0.1) is 71.7 Å². The number of benzene rings is 8. The molecule has 2 heterocycles. The van der Waals surface area contributed by atoms with E-state index in [1.54, 1.807) is 0 Å². The summed E-state index contributed by atoms with van der Waals surface area (Å²) in [5.74, 6) is 0. The predicted molar refractivity (Wildman–Crippen MR) is 214 cm³/mol. The Morgan fingerprint density at radius 2 is 0.980 bits per heavy atom. The van der Waals surface area contributed by atoms with Crippen molar-refractivity contribution in [1.29, 1.82) is 0 Å². The number of rotatable bonds is 6. The van der Waals surface area contributed by atoms with E-state index in [1.165, 1.54) is 0 Å². The Morgan fingerprint density at radius 3 is 1.71 bits per heavy atom. The molecule has 0 radical (unpaired) electrons. The second-order valence-electron chi connectivity index (χ2n) is 10.5. The fraction of sp³-hybridized carbons (Fsp3) is 0. The van der Waals surface area contributed by atoms with Gasteiger partial charge >= 0.3 is 0 Å². The summed E-state index contributed by atoms with van der Waals surface area (Å²) in [4.78, 5) is 0.371. The van der Waals surface area contributed by atoms with Crippen molar-refractivity contribution in [3.8, 4) is 27.9 Å². The van der Waals surface area contributed by atoms with Crippen molar-refractivity contribution in [2.75, 3.05) is 4.90 Å². The molecule has 240 valence electrons. The predicted octanol–water partition coefficient (Wildman–Crippen LogP) is 13.5. The molecule has 0 spiro atoms. The molecule has 51 heavy (non-hydrogen) atoms. The van der Waals surface area contributed by atoms with Gasteiger partial charge in [0.2, 0.25) is 0 Å². The lowest BCUT2D eigenvalue weighted by Gasteiger charge is -2.27. The normalized spacial score (nSPS) is 20.3. The minimum atomic E-state index is -1.33. The van der Waals surface area contributed by atoms with Gasteiger partial charge in [-0.25, -0.2) is 0 Å². The van der Waals surface area contributed by atoms with Crippen molar-refractivity contribution in [2.45, 2.75) is 0 Å². The fourth-order valence-electron chi connectivity index (χ4n) is 5.71. The Balaban J connectivity index is 1.50. The van der Waals surface area contributed by atoms with E-state index in [4.69, 9.17) is 30.5 Å². The Labute approximate surface area is 340 Å². The highest BCUT2D eigenvalue weighted by atomic mass is 16.3. The molecular formula is C48H32N2O. The van der Waals surface area contributed by atoms with E-state index in [0.29, 0.717) is 9.47 Å². The molecule has 2 aromatic heterocycles. The number of hydrogen-bond acceptors (Lipinski definition) is 2. The Bertz CT molecular complexity index is 4550. The molecule has 10 aromatic rings. The van der Waals surface area contributed by atoms with Gasteiger partial charge in [-0.2, -0.15) is 0 Å². The van der Waals surface area contributed by atoms with Crippen molar-refractivity contribution in [1.82, 2.24) is 4.57 Å². The number of aromatic nitrogens is 1. The third kappa shape index (κ3) is 4.74. The zero-order chi connectivity index (χ0) is 61.6. The van der Waals surface area contributed by atoms with E-state index in [1.807, 2.05) is 0 Å². The first kappa shape index (κ1) is 11.3. The second-order valence-corrected chi connectivity index (χ2v) is 10.5. The monoisotopic (exact) mass is 684 g/mol. The summed E-state index contributed by atoms with van der Waals surface area (Å²) < 4.78 is 295. The highest BCUT2D eigenvalue weighted by Crippen LogP contribution is 2.47. The van der Waals surface area contributed by atoms with E-state index in [0.717, 1.165) is 0 Å². The topological polar surface area (TPSA) is 21.3 Å². The van der Waals surface area contributed by atoms with E-state index in [2.05, 4.69) is 0 Å². The van der Waals surface area contributed by atoms with Crippen molar-refractivity contribution < 1.29 is 48.3 Å². The van der Waals surface area contributed by atoms with Crippen LogP contribution in [0.25, 0.3) is 71.7 Å². The molecule has 0 saturated heterocycles. The molecule has 10 rings (SSSR count). The molecule has 0 bridgehead atoms. The zero-order valence-corrected chi connectivity index (χ0v) is 25.3. The van der Waals surface area contributed by atoms with Gasteiger partial charge in [-0.1, -0.05) is 133 Å². The molecule has 3 heteroatoms. The van der Waals surface area contributed by atoms with Crippen LogP contribution in [0.15, 0.2) is 198 Å². The summed E-state index contributed by atoms with van der Waals surface area (Å²) in [5.41, 5.74) is -11.3. The summed E-state index contributed by atoms with van der Waals surface area (Å²) in [7, 11) is 0. The number of para-hydroxylation sites is 5. The zero-order valence-electron chi connectivity index (χ0n) is 57.3. The van der Waals surface area contributed by atoms with Gasteiger partial charge < -0.3 is 13.9 Å². The molecule has 0 N–H and O–H groups in total. The van der Waals surface area contributed by atoms with Crippen LogP contribution in [0.3, 0.4) is 0 Å². The van der Waals surface area contributed by atoms with E-state index in [-0.39, 0.29) is 0 Å². The third-order valence-corrected chi connectivity index (χ3v) is 7.80. The number of nitrogens with zero attached hydrogens (tertiary/aromatic N) is 2. The summed E-state index contributed by atoms with van der Waals surface area (Å²) in [6.07, 6.45) is 0. The maximum atomic E-state index is 10.1. The van der Waals surface area contributed by atoms with Crippen LogP contribution in [0.4, 0.5) is 17.1 Å². The van der Waals surface area contributed by atoms with Gasteiger partial charge in [0.1, 0.15) is 11.2 Å². The smallest absolute Gasteiger partial charge is 0.145 e. The average molecular weight is 685 g/mol. The van der Waals surface area contributed by atoms with E-state index < -0.39 is 282 Å². The van der Waals surface area contributed by atoms with Crippen LogP contribution in [-0.4, -0.2) is 4.57 Å². The first-order valence-electron chi connectivity index (χ1n) is 30.7. The molecule has 0 aliphatic rings. The van der Waals surface area contributed by atoms with Crippen molar-refractivity contribution in [2.24, 2.45) is 0 Å². The highest BCUT2D eigenvalue weighted by Gasteiger charge is 2.24. The average Bonchev–Trinajstić information content (AvgIpc) is 1.96. The van der Waals surface area contributed by atoms with Crippen LogP contribution in [0, 0.1) is 0 Å². The highest BCUT2D eigenvalue weighted by molar-refractivity contribution is 6.18. The number of fused-ring (bicyclic) bond motifs is 6. The second kappa shape index (κ2) is 11.9. The minimum Gasteiger partial charge on any atom is -0.455 e. The van der Waals surface area contributed by atoms with Crippen LogP contribution in [0.2, 0.25) is 0 Å². The van der Waals surface area contributed by atoms with Crippen molar-refractivity contribution in [3.63, 3.8) is 0 Å². The minimum absolute atomic E-state index is 0.371. The molecule has 3 nitrogen and oxygen atoms in total. The molecule has 0 fully saturated rings. The SMILES string of the molecule is [2H]c1c([2H])c([2H])c(-c2c([2H])c([2H])c(N(c3c([2H])c([2H])c([2H])c([2H])c3[2H])c3c([2H])c([2H])c(-c4c([2H])c([2H])c([2H])c([2H])c4-n4c5c([2H])c([2H])c([2H])c([2H])c5c5c([2H])c([2H])c([2H])c([2H])c54)c4oc5c([2H])c([2H])c([2H])c([2H])c5c34)c([2H])c2[2H])c([2H])c1[2H]. The van der Waals surface area contributed by atoms with Gasteiger partial charge in [0.25, 0.3) is 0 Å². The van der Waals surface area contributed by atoms with E-state index >= 15 is 0 Å². The molecule has 0 saturated carbocycles. The lowest BCUT2D eigenvalue weighted by Crippen LogP contribution is -2.10. The fourth-order valence-corrected chi connectivity index (χ4v) is 5.71. The molecule has 0 amide bonds. The molecular weight excluding hydrogens is 621 g/mol. The summed E-state index contributed by atoms with van der Waals surface area (Å²) in [5, 5.41) is -2.83. The largest absolute Gasteiger partial charge is 0.455 e. The summed E-state index contributed by atoms with van der Waals surface area (Å²) in [6, 6.07) is -34.0. The van der Waals surface area contributed by atoms with Gasteiger partial charge in [-0.3, -0.25) is 0 Å². The van der Waals surface area contributed by atoms with Gasteiger partial charge in [-0.15, -0.1) is 0 Å². The molecule has 0 aliphatic carbocycles. The standard InChI is InChI=1S/C48H32N2O/c1-3-15-33(16-4-1)34-27-29-36(30-28-34)49(35-17-5-2-6-18-35)45-32-31-40(48-47(45)41-22-10-14-26-46(41)51-48)39-21-9-13-25-44(39)50-42-23-11-7-19-37(42)38-20-8-12-24-43(38)50/h1-32H/i1D,2D,3D,4D,5D,6D,7D,8D,9D,10D,11D,12D,13D,14D,15D,16D,17D,18D,19D,20D,21D,22D,23D,24D,25D,26D,27D,28D,29D,30D,31D,32D. The van der Waals surface area contributed by atoms with Crippen LogP contribution < -0.4 is 4.90 Å². The number of hydrogen-bond donors (Lipinski definition) is 0. The van der Waals surface area contributed by atoms with Crippen molar-refractivity contribution in [3.05, 3.63) is 193 Å². The molecule has 8 aromatic carbocycles. The van der Waals surface area contributed by atoms with Crippen LogP contribution in [0.5, 0.6) is 0 Å². The van der Waals surface area contributed by atoms with Gasteiger partial charge in [0, 0.05) is 38.7 Å².